The van der Waals surface area contributed by atoms with Gasteiger partial charge in [-0.15, -0.1) is 0 Å². The predicted octanol–water partition coefficient (Wildman–Crippen LogP) is 17.2. The summed E-state index contributed by atoms with van der Waals surface area (Å²) in [7, 11) is 0. The molecule has 1 atom stereocenters. The molecule has 0 rings (SSSR count). The molecule has 0 aliphatic carbocycles. The standard InChI is InChI=1S/C57H96O6/c1-4-7-10-13-16-19-22-25-27-28-29-31-32-35-38-41-44-47-50-56(59)62-53-54(52-61-55(58)49-46-43-40-37-34-24-21-18-15-12-9-6-3)63-57(60)51-48-45-42-39-36-33-30-26-23-20-17-14-11-8-5-2/h8-9,11-12,14,17-18,20-21,23,29,31,34,37,54H,4-7,10,13,15-16,19,22,24-28,30,32-33,35-36,38-53H2,1-3H3/b11-8-,12-9-,17-14-,21-18-,23-20-,31-29-,37-34-. The molecule has 6 nitrogen and oxygen atoms in total. The predicted molar refractivity (Wildman–Crippen MR) is 270 cm³/mol. The minimum atomic E-state index is -0.801. The zero-order valence-electron chi connectivity index (χ0n) is 41.1. The number of unbranched alkanes of at least 4 members (excludes halogenated alkanes) is 23. The monoisotopic (exact) mass is 877 g/mol. The average molecular weight is 877 g/mol. The fraction of sp³-hybridized carbons (Fsp3) is 0.702. The number of esters is 3. The first-order valence-corrected chi connectivity index (χ1v) is 26.1. The normalized spacial score (nSPS) is 12.7. The van der Waals surface area contributed by atoms with Gasteiger partial charge < -0.3 is 14.2 Å². The van der Waals surface area contributed by atoms with Gasteiger partial charge in [-0.1, -0.05) is 209 Å². The van der Waals surface area contributed by atoms with Crippen molar-refractivity contribution < 1.29 is 28.6 Å². The van der Waals surface area contributed by atoms with Crippen molar-refractivity contribution in [2.24, 2.45) is 0 Å². The van der Waals surface area contributed by atoms with Gasteiger partial charge in [-0.2, -0.15) is 0 Å². The van der Waals surface area contributed by atoms with Crippen LogP contribution in [-0.4, -0.2) is 37.2 Å². The topological polar surface area (TPSA) is 78.9 Å². The third-order valence-corrected chi connectivity index (χ3v) is 10.9. The third-order valence-electron chi connectivity index (χ3n) is 10.9. The Balaban J connectivity index is 4.42. The van der Waals surface area contributed by atoms with Crippen LogP contribution in [0.4, 0.5) is 0 Å². The van der Waals surface area contributed by atoms with Gasteiger partial charge in [-0.3, -0.25) is 14.4 Å². The molecular weight excluding hydrogens is 781 g/mol. The summed E-state index contributed by atoms with van der Waals surface area (Å²) < 4.78 is 16.7. The van der Waals surface area contributed by atoms with E-state index in [9.17, 15) is 14.4 Å². The molecule has 0 saturated carbocycles. The Morgan fingerprint density at radius 3 is 1.19 bits per heavy atom. The van der Waals surface area contributed by atoms with Crippen LogP contribution in [0, 0.1) is 0 Å². The molecule has 0 aliphatic heterocycles. The maximum Gasteiger partial charge on any atom is 0.306 e. The lowest BCUT2D eigenvalue weighted by Gasteiger charge is -2.18. The molecule has 0 radical (unpaired) electrons. The zero-order valence-corrected chi connectivity index (χ0v) is 41.1. The Morgan fingerprint density at radius 2 is 0.698 bits per heavy atom. The molecule has 0 amide bonds. The van der Waals surface area contributed by atoms with Crippen LogP contribution in [0.5, 0.6) is 0 Å². The van der Waals surface area contributed by atoms with Crippen molar-refractivity contribution in [2.75, 3.05) is 13.2 Å². The van der Waals surface area contributed by atoms with Crippen LogP contribution in [0.3, 0.4) is 0 Å². The first kappa shape index (κ1) is 59.6. The molecule has 0 aromatic heterocycles. The summed E-state index contributed by atoms with van der Waals surface area (Å²) in [6.07, 6.45) is 65.7. The van der Waals surface area contributed by atoms with E-state index in [-0.39, 0.29) is 31.1 Å². The molecule has 0 bridgehead atoms. The fourth-order valence-electron chi connectivity index (χ4n) is 7.04. The maximum absolute atomic E-state index is 12.8. The van der Waals surface area contributed by atoms with Crippen molar-refractivity contribution in [3.8, 4) is 0 Å². The van der Waals surface area contributed by atoms with Crippen molar-refractivity contribution >= 4 is 17.9 Å². The summed E-state index contributed by atoms with van der Waals surface area (Å²) in [4.78, 5) is 38.0. The molecule has 0 N–H and O–H groups in total. The van der Waals surface area contributed by atoms with Gasteiger partial charge >= 0.3 is 17.9 Å². The van der Waals surface area contributed by atoms with Crippen LogP contribution in [0.15, 0.2) is 85.1 Å². The number of ether oxygens (including phenoxy) is 3. The van der Waals surface area contributed by atoms with E-state index >= 15 is 0 Å². The molecule has 1 unspecified atom stereocenters. The third kappa shape index (κ3) is 49.5. The number of hydrogen-bond donors (Lipinski definition) is 0. The molecule has 0 saturated heterocycles. The summed E-state index contributed by atoms with van der Waals surface area (Å²) in [5, 5.41) is 0. The number of hydrogen-bond acceptors (Lipinski definition) is 6. The molecule has 360 valence electrons. The van der Waals surface area contributed by atoms with E-state index in [2.05, 4.69) is 106 Å². The highest BCUT2D eigenvalue weighted by Crippen LogP contribution is 2.14. The van der Waals surface area contributed by atoms with E-state index in [1.54, 1.807) is 0 Å². The summed E-state index contributed by atoms with van der Waals surface area (Å²) in [5.41, 5.74) is 0. The van der Waals surface area contributed by atoms with Crippen LogP contribution in [0.25, 0.3) is 0 Å². The quantitative estimate of drug-likeness (QED) is 0.0199. The Bertz CT molecular complexity index is 1240. The molecule has 0 aromatic rings. The number of carbonyl (C=O) groups is 3. The molecule has 0 fully saturated rings. The van der Waals surface area contributed by atoms with Crippen molar-refractivity contribution in [3.63, 3.8) is 0 Å². The average Bonchev–Trinajstić information content (AvgIpc) is 3.28. The minimum Gasteiger partial charge on any atom is -0.462 e. The number of carbonyl (C=O) groups excluding carboxylic acids is 3. The molecule has 0 heterocycles. The van der Waals surface area contributed by atoms with Gasteiger partial charge in [-0.25, -0.2) is 0 Å². The largest absolute Gasteiger partial charge is 0.462 e. The lowest BCUT2D eigenvalue weighted by Crippen LogP contribution is -2.30. The Kier molecular flexibility index (Phi) is 48.5. The first-order chi connectivity index (χ1) is 31.0. The van der Waals surface area contributed by atoms with E-state index in [1.165, 1.54) is 96.3 Å². The van der Waals surface area contributed by atoms with Crippen LogP contribution < -0.4 is 0 Å². The van der Waals surface area contributed by atoms with E-state index in [0.29, 0.717) is 19.3 Å². The second-order valence-corrected chi connectivity index (χ2v) is 17.1. The maximum atomic E-state index is 12.8. The lowest BCUT2D eigenvalue weighted by atomic mass is 10.1. The van der Waals surface area contributed by atoms with Gasteiger partial charge in [-0.05, 0) is 96.3 Å². The minimum absolute atomic E-state index is 0.0985. The van der Waals surface area contributed by atoms with E-state index in [0.717, 1.165) is 103 Å². The van der Waals surface area contributed by atoms with E-state index in [1.807, 2.05) is 0 Å². The highest BCUT2D eigenvalue weighted by atomic mass is 16.6. The van der Waals surface area contributed by atoms with Gasteiger partial charge in [0.2, 0.25) is 0 Å². The molecule has 63 heavy (non-hydrogen) atoms. The van der Waals surface area contributed by atoms with Gasteiger partial charge in [0.1, 0.15) is 13.2 Å². The van der Waals surface area contributed by atoms with Gasteiger partial charge in [0.05, 0.1) is 0 Å². The fourth-order valence-corrected chi connectivity index (χ4v) is 7.04. The second-order valence-electron chi connectivity index (χ2n) is 17.1. The van der Waals surface area contributed by atoms with Crippen molar-refractivity contribution in [1.29, 1.82) is 0 Å². The molecular formula is C57H96O6. The Hall–Kier alpha value is -3.41. The first-order valence-electron chi connectivity index (χ1n) is 26.1. The van der Waals surface area contributed by atoms with Crippen molar-refractivity contribution in [1.82, 2.24) is 0 Å². The van der Waals surface area contributed by atoms with Gasteiger partial charge in [0, 0.05) is 19.3 Å². The lowest BCUT2D eigenvalue weighted by molar-refractivity contribution is -0.167. The van der Waals surface area contributed by atoms with E-state index in [4.69, 9.17) is 14.2 Å². The highest BCUT2D eigenvalue weighted by Gasteiger charge is 2.19. The molecule has 0 aromatic carbocycles. The number of rotatable bonds is 46. The van der Waals surface area contributed by atoms with Crippen molar-refractivity contribution in [2.45, 2.75) is 245 Å². The summed E-state index contributed by atoms with van der Waals surface area (Å²) in [6.45, 7) is 6.34. The SMILES string of the molecule is CC\C=C/C=C\C=C/CCCCCCCCCC(=O)OC(COC(=O)CCCC/C=C\C/C=C\C/C=C\CC)COC(=O)CCCCCCC/C=C\CCCCCCCCCCC. The number of allylic oxidation sites excluding steroid dienone is 14. The van der Waals surface area contributed by atoms with E-state index < -0.39 is 6.10 Å². The van der Waals surface area contributed by atoms with Crippen molar-refractivity contribution in [3.05, 3.63) is 85.1 Å². The molecule has 0 spiro atoms. The second kappa shape index (κ2) is 51.2. The molecule has 0 aliphatic rings. The van der Waals surface area contributed by atoms with Gasteiger partial charge in [0.15, 0.2) is 6.10 Å². The zero-order chi connectivity index (χ0) is 45.8. The molecule has 6 heteroatoms. The van der Waals surface area contributed by atoms with Gasteiger partial charge in [0.25, 0.3) is 0 Å². The van der Waals surface area contributed by atoms with Crippen LogP contribution in [-0.2, 0) is 28.6 Å². The Labute approximate surface area is 388 Å². The summed E-state index contributed by atoms with van der Waals surface area (Å²) >= 11 is 0. The summed E-state index contributed by atoms with van der Waals surface area (Å²) in [5.74, 6) is -0.960. The summed E-state index contributed by atoms with van der Waals surface area (Å²) in [6, 6.07) is 0. The van der Waals surface area contributed by atoms with Crippen LogP contribution in [0.1, 0.15) is 239 Å². The highest BCUT2D eigenvalue weighted by molar-refractivity contribution is 5.71. The van der Waals surface area contributed by atoms with Crippen LogP contribution >= 0.6 is 0 Å². The van der Waals surface area contributed by atoms with Crippen LogP contribution in [0.2, 0.25) is 0 Å². The smallest absolute Gasteiger partial charge is 0.306 e. The Morgan fingerprint density at radius 1 is 0.349 bits per heavy atom.